The molecule has 0 aromatic heterocycles. The summed E-state index contributed by atoms with van der Waals surface area (Å²) >= 11 is 0. The van der Waals surface area contributed by atoms with Crippen LogP contribution in [0.15, 0.2) is 0 Å². The lowest BCUT2D eigenvalue weighted by molar-refractivity contribution is 0.101. The van der Waals surface area contributed by atoms with Gasteiger partial charge in [0.2, 0.25) is 0 Å². The van der Waals surface area contributed by atoms with Crippen LogP contribution in [0.25, 0.3) is 0 Å². The molecule has 2 rings (SSSR count). The number of ether oxygens (including phenoxy) is 1. The van der Waals surface area contributed by atoms with E-state index < -0.39 is 0 Å². The zero-order chi connectivity index (χ0) is 12.8. The normalized spacial score (nSPS) is 33.3. The van der Waals surface area contributed by atoms with Crippen molar-refractivity contribution in [2.45, 2.75) is 52.0 Å². The van der Waals surface area contributed by atoms with Crippen molar-refractivity contribution < 1.29 is 4.74 Å². The third-order valence-corrected chi connectivity index (χ3v) is 4.62. The van der Waals surface area contributed by atoms with Gasteiger partial charge in [0.05, 0.1) is 6.61 Å². The molecule has 0 aromatic carbocycles. The van der Waals surface area contributed by atoms with E-state index in [9.17, 15) is 0 Å². The molecule has 0 bridgehead atoms. The highest BCUT2D eigenvalue weighted by Crippen LogP contribution is 2.32. The molecule has 2 saturated heterocycles. The fourth-order valence-corrected chi connectivity index (χ4v) is 3.50. The quantitative estimate of drug-likeness (QED) is 0.705. The molecule has 2 fully saturated rings. The average Bonchev–Trinajstić information content (AvgIpc) is 3.00. The molecule has 0 aliphatic carbocycles. The maximum absolute atomic E-state index is 5.70. The monoisotopic (exact) mass is 254 g/mol. The zero-order valence-electron chi connectivity index (χ0n) is 12.2. The molecule has 0 aromatic rings. The number of hydrogen-bond donors (Lipinski definition) is 1. The summed E-state index contributed by atoms with van der Waals surface area (Å²) in [5.74, 6) is 0. The van der Waals surface area contributed by atoms with Crippen LogP contribution in [0.5, 0.6) is 0 Å². The molecule has 0 radical (unpaired) electrons. The minimum absolute atomic E-state index is 0.382. The molecule has 2 heterocycles. The SMILES string of the molecule is CCCNCC1(CN2CCCC2CC)CCOC1. The lowest BCUT2D eigenvalue weighted by Gasteiger charge is -2.35. The molecule has 2 atom stereocenters. The molecular weight excluding hydrogens is 224 g/mol. The molecule has 2 unspecified atom stereocenters. The van der Waals surface area contributed by atoms with E-state index >= 15 is 0 Å². The van der Waals surface area contributed by atoms with Crippen molar-refractivity contribution >= 4 is 0 Å². The fourth-order valence-electron chi connectivity index (χ4n) is 3.50. The molecule has 2 aliphatic rings. The number of rotatable bonds is 7. The van der Waals surface area contributed by atoms with Gasteiger partial charge in [-0.25, -0.2) is 0 Å². The van der Waals surface area contributed by atoms with E-state index in [1.54, 1.807) is 0 Å². The van der Waals surface area contributed by atoms with E-state index in [0.29, 0.717) is 5.41 Å². The Kier molecular flexibility index (Phi) is 5.46. The van der Waals surface area contributed by atoms with Gasteiger partial charge in [-0.2, -0.15) is 0 Å². The topological polar surface area (TPSA) is 24.5 Å². The van der Waals surface area contributed by atoms with Crippen molar-refractivity contribution in [3.05, 3.63) is 0 Å². The average molecular weight is 254 g/mol. The molecular formula is C15H30N2O. The second kappa shape index (κ2) is 6.88. The Balaban J connectivity index is 1.88. The zero-order valence-corrected chi connectivity index (χ0v) is 12.2. The van der Waals surface area contributed by atoms with Crippen LogP contribution in [0.1, 0.15) is 46.0 Å². The minimum Gasteiger partial charge on any atom is -0.381 e. The second-order valence-electron chi connectivity index (χ2n) is 6.15. The Morgan fingerprint density at radius 3 is 2.94 bits per heavy atom. The van der Waals surface area contributed by atoms with E-state index in [2.05, 4.69) is 24.1 Å². The summed E-state index contributed by atoms with van der Waals surface area (Å²) in [7, 11) is 0. The lowest BCUT2D eigenvalue weighted by Crippen LogP contribution is -2.46. The molecule has 1 N–H and O–H groups in total. The molecule has 3 heteroatoms. The van der Waals surface area contributed by atoms with Crippen molar-refractivity contribution in [1.82, 2.24) is 10.2 Å². The summed E-state index contributed by atoms with van der Waals surface area (Å²) in [6, 6.07) is 0.827. The van der Waals surface area contributed by atoms with Gasteiger partial charge < -0.3 is 10.1 Å². The Morgan fingerprint density at radius 2 is 2.28 bits per heavy atom. The summed E-state index contributed by atoms with van der Waals surface area (Å²) in [6.45, 7) is 11.3. The van der Waals surface area contributed by atoms with Gasteiger partial charge in [-0.05, 0) is 45.2 Å². The Hall–Kier alpha value is -0.120. The molecule has 0 amide bonds. The first-order valence-electron chi connectivity index (χ1n) is 7.82. The van der Waals surface area contributed by atoms with Crippen LogP contribution in [0.2, 0.25) is 0 Å². The summed E-state index contributed by atoms with van der Waals surface area (Å²) < 4.78 is 5.70. The van der Waals surface area contributed by atoms with Crippen LogP contribution >= 0.6 is 0 Å². The van der Waals surface area contributed by atoms with Crippen molar-refractivity contribution in [2.24, 2.45) is 5.41 Å². The summed E-state index contributed by atoms with van der Waals surface area (Å²) in [5.41, 5.74) is 0.382. The van der Waals surface area contributed by atoms with Crippen molar-refractivity contribution in [3.63, 3.8) is 0 Å². The smallest absolute Gasteiger partial charge is 0.0547 e. The Labute approximate surface area is 112 Å². The van der Waals surface area contributed by atoms with Crippen molar-refractivity contribution in [1.29, 1.82) is 0 Å². The van der Waals surface area contributed by atoms with Crippen molar-refractivity contribution in [2.75, 3.05) is 39.4 Å². The van der Waals surface area contributed by atoms with E-state index in [-0.39, 0.29) is 0 Å². The molecule has 0 spiro atoms. The van der Waals surface area contributed by atoms with Crippen LogP contribution in [-0.4, -0.2) is 50.3 Å². The molecule has 106 valence electrons. The van der Waals surface area contributed by atoms with Gasteiger partial charge >= 0.3 is 0 Å². The molecule has 2 aliphatic heterocycles. The number of nitrogens with one attached hydrogen (secondary N) is 1. The first kappa shape index (κ1) is 14.3. The van der Waals surface area contributed by atoms with E-state index in [1.165, 1.54) is 45.2 Å². The number of nitrogens with zero attached hydrogens (tertiary/aromatic N) is 1. The van der Waals surface area contributed by atoms with E-state index in [4.69, 9.17) is 4.74 Å². The highest BCUT2D eigenvalue weighted by atomic mass is 16.5. The highest BCUT2D eigenvalue weighted by Gasteiger charge is 2.38. The van der Waals surface area contributed by atoms with Gasteiger partial charge in [0, 0.05) is 31.2 Å². The van der Waals surface area contributed by atoms with Crippen molar-refractivity contribution in [3.8, 4) is 0 Å². The number of hydrogen-bond acceptors (Lipinski definition) is 3. The fraction of sp³-hybridized carbons (Fsp3) is 1.00. The Morgan fingerprint density at radius 1 is 1.39 bits per heavy atom. The number of likely N-dealkylation sites (tertiary alicyclic amines) is 1. The highest BCUT2D eigenvalue weighted by molar-refractivity contribution is 4.91. The van der Waals surface area contributed by atoms with Gasteiger partial charge in [-0.1, -0.05) is 13.8 Å². The minimum atomic E-state index is 0.382. The van der Waals surface area contributed by atoms with Gasteiger partial charge in [0.15, 0.2) is 0 Å². The van der Waals surface area contributed by atoms with Crippen LogP contribution in [0.4, 0.5) is 0 Å². The first-order chi connectivity index (χ1) is 8.79. The predicted molar refractivity (Wildman–Crippen MR) is 75.9 cm³/mol. The third kappa shape index (κ3) is 3.46. The second-order valence-corrected chi connectivity index (χ2v) is 6.15. The van der Waals surface area contributed by atoms with Gasteiger partial charge in [0.1, 0.15) is 0 Å². The standard InChI is InChI=1S/C15H30N2O/c1-3-8-16-11-15(7-10-18-13-15)12-17-9-5-6-14(17)4-2/h14,16H,3-13H2,1-2H3. The summed E-state index contributed by atoms with van der Waals surface area (Å²) in [6.07, 6.45) is 6.54. The summed E-state index contributed by atoms with van der Waals surface area (Å²) in [4.78, 5) is 2.72. The molecule has 18 heavy (non-hydrogen) atoms. The predicted octanol–water partition coefficient (Wildman–Crippen LogP) is 2.27. The maximum Gasteiger partial charge on any atom is 0.0547 e. The van der Waals surface area contributed by atoms with E-state index in [1.807, 2.05) is 0 Å². The van der Waals surface area contributed by atoms with Crippen LogP contribution in [0, 0.1) is 5.41 Å². The van der Waals surface area contributed by atoms with Gasteiger partial charge in [-0.3, -0.25) is 4.90 Å². The molecule has 0 saturated carbocycles. The van der Waals surface area contributed by atoms with Crippen LogP contribution in [0.3, 0.4) is 0 Å². The van der Waals surface area contributed by atoms with Gasteiger partial charge in [-0.15, -0.1) is 0 Å². The lowest BCUT2D eigenvalue weighted by atomic mass is 9.86. The first-order valence-corrected chi connectivity index (χ1v) is 7.82. The van der Waals surface area contributed by atoms with E-state index in [0.717, 1.165) is 32.3 Å². The largest absolute Gasteiger partial charge is 0.381 e. The van der Waals surface area contributed by atoms with Crippen LogP contribution < -0.4 is 5.32 Å². The molecule has 3 nitrogen and oxygen atoms in total. The van der Waals surface area contributed by atoms with Crippen LogP contribution in [-0.2, 0) is 4.74 Å². The Bertz CT molecular complexity index is 239. The van der Waals surface area contributed by atoms with Gasteiger partial charge in [0.25, 0.3) is 0 Å². The third-order valence-electron chi connectivity index (χ3n) is 4.62. The maximum atomic E-state index is 5.70. The summed E-state index contributed by atoms with van der Waals surface area (Å²) in [5, 5.41) is 3.62.